The summed E-state index contributed by atoms with van der Waals surface area (Å²) in [6, 6.07) is 29.6. The highest BCUT2D eigenvalue weighted by Gasteiger charge is 2.38. The number of carbonyl (C=O) groups excluding carboxylic acids is 1. The third-order valence-electron chi connectivity index (χ3n) is 5.40. The van der Waals surface area contributed by atoms with E-state index in [1.807, 2.05) is 91.0 Å². The van der Waals surface area contributed by atoms with Crippen LogP contribution in [-0.2, 0) is 19.9 Å². The lowest BCUT2D eigenvalue weighted by atomic mass is 9.80. The monoisotopic (exact) mass is 462 g/mol. The van der Waals surface area contributed by atoms with Gasteiger partial charge in [-0.15, -0.1) is 0 Å². The highest BCUT2D eigenvalue weighted by Crippen LogP contribution is 2.40. The Morgan fingerprint density at radius 3 is 1.53 bits per heavy atom. The van der Waals surface area contributed by atoms with Crippen LogP contribution < -0.4 is 0 Å². The standard InChI is InChI=1S/C29H34O5/c1-28(2,3)34-27(32)20-25(30)19-26(31)21-33-29(22-13-7-4-8-14-22,23-15-9-5-10-16-23)24-17-11-6-12-18-24/h4-18,25-26,30-31H,19-21H2,1-3H3/t25-,26+/m1/s1. The van der Waals surface area contributed by atoms with Gasteiger partial charge in [-0.05, 0) is 37.5 Å². The van der Waals surface area contributed by atoms with Crippen molar-refractivity contribution in [1.29, 1.82) is 0 Å². The summed E-state index contributed by atoms with van der Waals surface area (Å²) >= 11 is 0. The third kappa shape index (κ3) is 6.76. The van der Waals surface area contributed by atoms with Crippen LogP contribution in [0.15, 0.2) is 91.0 Å². The van der Waals surface area contributed by atoms with Gasteiger partial charge in [0, 0.05) is 6.42 Å². The molecule has 0 aliphatic heterocycles. The van der Waals surface area contributed by atoms with Gasteiger partial charge in [0.25, 0.3) is 0 Å². The Morgan fingerprint density at radius 2 is 1.15 bits per heavy atom. The van der Waals surface area contributed by atoms with Crippen LogP contribution >= 0.6 is 0 Å². The first-order chi connectivity index (χ1) is 16.2. The zero-order valence-corrected chi connectivity index (χ0v) is 20.1. The molecule has 0 fully saturated rings. The average Bonchev–Trinajstić information content (AvgIpc) is 2.80. The zero-order chi connectivity index (χ0) is 24.6. The van der Waals surface area contributed by atoms with Crippen LogP contribution in [-0.4, -0.2) is 40.6 Å². The van der Waals surface area contributed by atoms with Crippen LogP contribution in [0.1, 0.15) is 50.3 Å². The third-order valence-corrected chi connectivity index (χ3v) is 5.40. The van der Waals surface area contributed by atoms with Crippen LogP contribution in [0.2, 0.25) is 0 Å². The van der Waals surface area contributed by atoms with Crippen molar-refractivity contribution >= 4 is 5.97 Å². The van der Waals surface area contributed by atoms with Crippen molar-refractivity contribution in [3.05, 3.63) is 108 Å². The van der Waals surface area contributed by atoms with E-state index in [0.29, 0.717) is 0 Å². The number of rotatable bonds is 10. The van der Waals surface area contributed by atoms with Gasteiger partial charge < -0.3 is 19.7 Å². The molecule has 0 aliphatic carbocycles. The largest absolute Gasteiger partial charge is 0.460 e. The quantitative estimate of drug-likeness (QED) is 0.333. The fraction of sp³-hybridized carbons (Fsp3) is 0.345. The number of aliphatic hydroxyl groups excluding tert-OH is 2. The summed E-state index contributed by atoms with van der Waals surface area (Å²) < 4.78 is 11.8. The SMILES string of the molecule is CC(C)(C)OC(=O)C[C@H](O)C[C@H](O)COC(c1ccccc1)(c1ccccc1)c1ccccc1. The molecular formula is C29H34O5. The van der Waals surface area contributed by atoms with Crippen molar-refractivity contribution < 1.29 is 24.5 Å². The summed E-state index contributed by atoms with van der Waals surface area (Å²) in [4.78, 5) is 12.0. The fourth-order valence-electron chi connectivity index (χ4n) is 4.03. The van der Waals surface area contributed by atoms with Crippen LogP contribution in [0.3, 0.4) is 0 Å². The molecule has 2 atom stereocenters. The highest BCUT2D eigenvalue weighted by atomic mass is 16.6. The van der Waals surface area contributed by atoms with Crippen molar-refractivity contribution in [2.75, 3.05) is 6.61 Å². The van der Waals surface area contributed by atoms with Gasteiger partial charge in [-0.2, -0.15) is 0 Å². The molecule has 34 heavy (non-hydrogen) atoms. The number of hydrogen-bond donors (Lipinski definition) is 2. The number of esters is 1. The van der Waals surface area contributed by atoms with Crippen LogP contribution in [0, 0.1) is 0 Å². The summed E-state index contributed by atoms with van der Waals surface area (Å²) in [6.45, 7) is 5.28. The molecule has 0 saturated heterocycles. The second-order valence-electron chi connectivity index (χ2n) is 9.42. The maximum atomic E-state index is 12.0. The van der Waals surface area contributed by atoms with Gasteiger partial charge in [-0.1, -0.05) is 91.0 Å². The minimum atomic E-state index is -1.03. The van der Waals surface area contributed by atoms with Gasteiger partial charge in [0.2, 0.25) is 0 Å². The molecule has 0 aromatic heterocycles. The molecule has 2 N–H and O–H groups in total. The lowest BCUT2D eigenvalue weighted by Crippen LogP contribution is -2.36. The molecule has 0 aliphatic rings. The summed E-state index contributed by atoms with van der Waals surface area (Å²) in [6.07, 6.45) is -2.20. The molecule has 5 heteroatoms. The lowest BCUT2D eigenvalue weighted by molar-refractivity contribution is -0.157. The molecule has 5 nitrogen and oxygen atoms in total. The van der Waals surface area contributed by atoms with Crippen molar-refractivity contribution in [3.63, 3.8) is 0 Å². The molecule has 0 spiro atoms. The molecule has 3 rings (SSSR count). The number of aliphatic hydroxyl groups is 2. The van der Waals surface area contributed by atoms with Gasteiger partial charge in [-0.3, -0.25) is 4.79 Å². The van der Waals surface area contributed by atoms with Gasteiger partial charge in [0.15, 0.2) is 0 Å². The first-order valence-electron chi connectivity index (χ1n) is 11.6. The summed E-state index contributed by atoms with van der Waals surface area (Å²) in [5.41, 5.74) is 1.19. The van der Waals surface area contributed by atoms with E-state index in [2.05, 4.69) is 0 Å². The first-order valence-corrected chi connectivity index (χ1v) is 11.6. The summed E-state index contributed by atoms with van der Waals surface area (Å²) in [7, 11) is 0. The Balaban J connectivity index is 1.84. The maximum absolute atomic E-state index is 12.0. The van der Waals surface area contributed by atoms with E-state index in [-0.39, 0.29) is 19.4 Å². The maximum Gasteiger partial charge on any atom is 0.308 e. The molecule has 0 heterocycles. The van der Waals surface area contributed by atoms with E-state index in [0.717, 1.165) is 16.7 Å². The van der Waals surface area contributed by atoms with Gasteiger partial charge in [0.1, 0.15) is 11.2 Å². The lowest BCUT2D eigenvalue weighted by Gasteiger charge is -2.36. The Kier molecular flexibility index (Phi) is 8.61. The van der Waals surface area contributed by atoms with E-state index < -0.39 is 29.4 Å². The predicted octanol–water partition coefficient (Wildman–Crippen LogP) is 4.84. The minimum Gasteiger partial charge on any atom is -0.460 e. The minimum absolute atomic E-state index is 0.00626. The normalized spacial score (nSPS) is 13.8. The molecule has 3 aromatic carbocycles. The molecule has 180 valence electrons. The average molecular weight is 463 g/mol. The molecule has 0 radical (unpaired) electrons. The molecule has 0 saturated carbocycles. The summed E-state index contributed by atoms with van der Waals surface area (Å²) in [5, 5.41) is 21.1. The van der Waals surface area contributed by atoms with E-state index in [4.69, 9.17) is 9.47 Å². The molecule has 0 amide bonds. The van der Waals surface area contributed by atoms with Crippen LogP contribution in [0.25, 0.3) is 0 Å². The highest BCUT2D eigenvalue weighted by molar-refractivity contribution is 5.70. The fourth-order valence-corrected chi connectivity index (χ4v) is 4.03. The molecular weight excluding hydrogens is 428 g/mol. The van der Waals surface area contributed by atoms with Crippen LogP contribution in [0.5, 0.6) is 0 Å². The number of benzene rings is 3. The number of ether oxygens (including phenoxy) is 2. The Labute approximate surface area is 202 Å². The van der Waals surface area contributed by atoms with E-state index >= 15 is 0 Å². The predicted molar refractivity (Wildman–Crippen MR) is 132 cm³/mol. The van der Waals surface area contributed by atoms with Crippen molar-refractivity contribution in [2.24, 2.45) is 0 Å². The topological polar surface area (TPSA) is 76.0 Å². The number of hydrogen-bond acceptors (Lipinski definition) is 5. The second-order valence-corrected chi connectivity index (χ2v) is 9.42. The van der Waals surface area contributed by atoms with Crippen LogP contribution in [0.4, 0.5) is 0 Å². The van der Waals surface area contributed by atoms with Gasteiger partial charge in [0.05, 0.1) is 25.2 Å². The Hall–Kier alpha value is -2.99. The first kappa shape index (κ1) is 25.6. The molecule has 0 unspecified atom stereocenters. The van der Waals surface area contributed by atoms with E-state index in [1.165, 1.54) is 0 Å². The van der Waals surface area contributed by atoms with E-state index in [1.54, 1.807) is 20.8 Å². The van der Waals surface area contributed by atoms with Crippen molar-refractivity contribution in [2.45, 2.75) is 57.0 Å². The molecule has 3 aromatic rings. The molecule has 0 bridgehead atoms. The second kappa shape index (κ2) is 11.4. The van der Waals surface area contributed by atoms with Gasteiger partial charge >= 0.3 is 5.97 Å². The zero-order valence-electron chi connectivity index (χ0n) is 20.1. The summed E-state index contributed by atoms with van der Waals surface area (Å²) in [5.74, 6) is -0.500. The Bertz CT molecular complexity index is 916. The van der Waals surface area contributed by atoms with Crippen molar-refractivity contribution in [3.8, 4) is 0 Å². The number of carbonyl (C=O) groups is 1. The smallest absolute Gasteiger partial charge is 0.308 e. The van der Waals surface area contributed by atoms with E-state index in [9.17, 15) is 15.0 Å². The van der Waals surface area contributed by atoms with Crippen molar-refractivity contribution in [1.82, 2.24) is 0 Å². The van der Waals surface area contributed by atoms with Gasteiger partial charge in [-0.25, -0.2) is 0 Å². The Morgan fingerprint density at radius 1 is 0.735 bits per heavy atom.